The van der Waals surface area contributed by atoms with E-state index in [1.54, 1.807) is 6.20 Å². The van der Waals surface area contributed by atoms with E-state index in [9.17, 15) is 19.7 Å². The molecule has 0 spiro atoms. The lowest BCUT2D eigenvalue weighted by atomic mass is 10.2. The number of aromatic nitrogens is 4. The van der Waals surface area contributed by atoms with Crippen molar-refractivity contribution in [1.82, 2.24) is 19.1 Å². The number of rotatable bonds is 5. The van der Waals surface area contributed by atoms with Crippen LogP contribution in [0.4, 0.5) is 5.69 Å². The largest absolute Gasteiger partial charge is 0.759 e. The van der Waals surface area contributed by atoms with Crippen LogP contribution < -0.4 is 11.1 Å². The average Bonchev–Trinajstić information content (AvgIpc) is 3.14. The van der Waals surface area contributed by atoms with E-state index < -0.39 is 26.4 Å². The minimum atomic E-state index is -5.17. The highest BCUT2D eigenvalue weighted by atomic mass is 32.3. The highest BCUT2D eigenvalue weighted by Gasteiger charge is 2.19. The molecule has 0 saturated heterocycles. The van der Waals surface area contributed by atoms with Gasteiger partial charge in [-0.1, -0.05) is 13.3 Å². The molecule has 0 atom stereocenters. The van der Waals surface area contributed by atoms with Crippen LogP contribution in [-0.4, -0.2) is 41.5 Å². The molecule has 1 N–H and O–H groups in total. The number of H-pyrrole nitrogens is 1. The Kier molecular flexibility index (Phi) is 6.63. The number of aromatic amines is 1. The second-order valence-corrected chi connectivity index (χ2v) is 6.57. The summed E-state index contributed by atoms with van der Waals surface area (Å²) in [6, 6.07) is 2.80. The van der Waals surface area contributed by atoms with Crippen LogP contribution >= 0.6 is 0 Å². The number of hydrogen-bond donors (Lipinski definition) is 1. The number of nitro groups is 1. The predicted molar refractivity (Wildman–Crippen MR) is 98.0 cm³/mol. The molecule has 3 rings (SSSR count). The van der Waals surface area contributed by atoms with Gasteiger partial charge in [-0.15, -0.1) is 0 Å². The zero-order valence-electron chi connectivity index (χ0n) is 15.0. The second-order valence-electron chi connectivity index (χ2n) is 5.76. The van der Waals surface area contributed by atoms with Crippen molar-refractivity contribution in [2.45, 2.75) is 26.3 Å². The number of imidazole rings is 1. The zero-order chi connectivity index (χ0) is 21.8. The first kappa shape index (κ1) is 21.9. The quantitative estimate of drug-likeness (QED) is 0.196. The molecule has 13 nitrogen and oxygen atoms in total. The zero-order valence-corrected chi connectivity index (χ0v) is 15.8. The van der Waals surface area contributed by atoms with Gasteiger partial charge in [-0.25, -0.2) is 4.98 Å². The number of nitro benzene ring substituents is 1. The number of aryl methyl sites for hydroxylation is 1. The number of nitrogens with one attached hydrogen (secondary N) is 1. The first-order valence-electron chi connectivity index (χ1n) is 8.13. The van der Waals surface area contributed by atoms with E-state index in [1.807, 2.05) is 6.92 Å². The van der Waals surface area contributed by atoms with Crippen LogP contribution in [0.3, 0.4) is 0 Å². The summed E-state index contributed by atoms with van der Waals surface area (Å²) in [7, 11) is -5.17. The van der Waals surface area contributed by atoms with E-state index in [-0.39, 0.29) is 16.9 Å². The van der Waals surface area contributed by atoms with Gasteiger partial charge in [-0.05, 0) is 12.5 Å². The van der Waals surface area contributed by atoms with Crippen LogP contribution in [-0.2, 0) is 16.9 Å². The molecule has 0 bridgehead atoms. The van der Waals surface area contributed by atoms with Crippen LogP contribution in [0, 0.1) is 10.1 Å². The Hall–Kier alpha value is -3.36. The Balaban J connectivity index is 0.000000537. The highest BCUT2D eigenvalue weighted by Crippen LogP contribution is 2.27. The molecule has 2 heterocycles. The van der Waals surface area contributed by atoms with E-state index >= 15 is 0 Å². The Labute approximate surface area is 163 Å². The molecule has 0 aliphatic carbocycles. The first-order chi connectivity index (χ1) is 13.5. The lowest BCUT2D eigenvalue weighted by Crippen LogP contribution is -2.36. The van der Waals surface area contributed by atoms with Gasteiger partial charge in [0, 0.05) is 35.4 Å². The fraction of sp³-hybridized carbons (Fsp3) is 0.267. The normalized spacial score (nSPS) is 11.1. The number of nitrogens with zero attached hydrogens (tertiary/aromatic N) is 4. The van der Waals surface area contributed by atoms with Crippen molar-refractivity contribution in [2.75, 3.05) is 0 Å². The molecule has 0 fully saturated rings. The van der Waals surface area contributed by atoms with Crippen molar-refractivity contribution in [3.63, 3.8) is 0 Å². The second kappa shape index (κ2) is 8.76. The number of benzene rings is 1. The van der Waals surface area contributed by atoms with Crippen molar-refractivity contribution in [1.29, 1.82) is 0 Å². The third-order valence-electron chi connectivity index (χ3n) is 3.79. The minimum absolute atomic E-state index is 0.183. The van der Waals surface area contributed by atoms with Crippen LogP contribution in [0.25, 0.3) is 16.7 Å². The number of fused-ring (bicyclic) bond motifs is 1. The molecule has 0 amide bonds. The first-order valence-corrected chi connectivity index (χ1v) is 9.46. The van der Waals surface area contributed by atoms with Crippen molar-refractivity contribution in [3.8, 4) is 5.69 Å². The van der Waals surface area contributed by atoms with E-state index in [4.69, 9.17) is 17.5 Å². The Morgan fingerprint density at radius 1 is 1.24 bits per heavy atom. The van der Waals surface area contributed by atoms with Gasteiger partial charge in [-0.3, -0.25) is 28.1 Å². The summed E-state index contributed by atoms with van der Waals surface area (Å²) in [6.45, 7) is 2.35. The summed E-state index contributed by atoms with van der Waals surface area (Å²) in [4.78, 5) is 41.2. The lowest BCUT2D eigenvalue weighted by molar-refractivity contribution is -0.384. The Morgan fingerprint density at radius 2 is 1.90 bits per heavy atom. The third kappa shape index (κ3) is 5.56. The molecule has 0 aliphatic rings. The summed E-state index contributed by atoms with van der Waals surface area (Å²) in [5.41, 5.74) is -0.656. The van der Waals surface area contributed by atoms with Crippen molar-refractivity contribution >= 4 is 27.1 Å². The fourth-order valence-corrected chi connectivity index (χ4v) is 2.59. The molecule has 156 valence electrons. The van der Waals surface area contributed by atoms with Gasteiger partial charge in [-0.2, -0.15) is 0 Å². The maximum Gasteiger partial charge on any atom is 0.316 e. The third-order valence-corrected chi connectivity index (χ3v) is 3.79. The van der Waals surface area contributed by atoms with Crippen LogP contribution in [0.1, 0.15) is 19.8 Å². The summed E-state index contributed by atoms with van der Waals surface area (Å²) < 4.78 is 36.9. The summed E-state index contributed by atoms with van der Waals surface area (Å²) >= 11 is 0. The van der Waals surface area contributed by atoms with Crippen molar-refractivity contribution < 1.29 is 22.4 Å². The molecule has 1 aromatic carbocycles. The Bertz CT molecular complexity index is 1240. The maximum absolute atomic E-state index is 12.2. The van der Waals surface area contributed by atoms with Gasteiger partial charge < -0.3 is 23.2 Å². The minimum Gasteiger partial charge on any atom is -0.759 e. The van der Waals surface area contributed by atoms with E-state index in [0.29, 0.717) is 12.1 Å². The van der Waals surface area contributed by atoms with Crippen molar-refractivity contribution in [2.24, 2.45) is 0 Å². The van der Waals surface area contributed by atoms with E-state index in [0.717, 1.165) is 12.8 Å². The van der Waals surface area contributed by atoms with Gasteiger partial charge >= 0.3 is 11.1 Å². The molecule has 29 heavy (non-hydrogen) atoms. The monoisotopic (exact) mass is 425 g/mol. The smallest absolute Gasteiger partial charge is 0.316 e. The molecule has 0 radical (unpaired) electrons. The molecule has 14 heteroatoms. The SMILES string of the molecule is CCCCn1c(=O)c(=O)[nH]c2cc([N+](=O)[O-])c(-n3ccnc3)cc21.O=S(=O)([O-])[O-]. The maximum atomic E-state index is 12.2. The van der Waals surface area contributed by atoms with Crippen LogP contribution in [0.15, 0.2) is 40.4 Å². The van der Waals surface area contributed by atoms with Crippen molar-refractivity contribution in [3.05, 3.63) is 61.7 Å². The van der Waals surface area contributed by atoms with Gasteiger partial charge in [0.25, 0.3) is 5.69 Å². The van der Waals surface area contributed by atoms with E-state index in [1.165, 1.54) is 33.8 Å². The molecular formula is C15H15N5O8S-2. The molecule has 0 saturated carbocycles. The topological polar surface area (TPSA) is 196 Å². The fourth-order valence-electron chi connectivity index (χ4n) is 2.59. The molecule has 0 aliphatic heterocycles. The van der Waals surface area contributed by atoms with Gasteiger partial charge in [0.15, 0.2) is 0 Å². The summed E-state index contributed by atoms with van der Waals surface area (Å²) in [6.07, 6.45) is 6.09. The number of hydrogen-bond acceptors (Lipinski definition) is 9. The Morgan fingerprint density at radius 3 is 2.41 bits per heavy atom. The predicted octanol–water partition coefficient (Wildman–Crippen LogP) is 0.246. The molecular weight excluding hydrogens is 410 g/mol. The standard InChI is InChI=1S/C15H15N5O4.H2O4S/c1-2-3-5-19-11-8-12(18-6-4-16-9-18)13(20(23)24)7-10(11)17-14(21)15(19)22;1-5(2,3)4/h4,6-9H,2-3,5H2,1H3,(H,17,21);(H2,1,2,3,4)/p-2. The molecule has 3 aromatic rings. The molecule has 2 aromatic heterocycles. The average molecular weight is 425 g/mol. The van der Waals surface area contributed by atoms with Crippen LogP contribution in [0.5, 0.6) is 0 Å². The van der Waals surface area contributed by atoms with E-state index in [2.05, 4.69) is 9.97 Å². The van der Waals surface area contributed by atoms with Gasteiger partial charge in [0.2, 0.25) is 0 Å². The lowest BCUT2D eigenvalue weighted by Gasteiger charge is -2.11. The summed E-state index contributed by atoms with van der Waals surface area (Å²) in [5.74, 6) is 0. The van der Waals surface area contributed by atoms with Crippen LogP contribution in [0.2, 0.25) is 0 Å². The number of unbranched alkanes of at least 4 members (excludes halogenated alkanes) is 1. The highest BCUT2D eigenvalue weighted by molar-refractivity contribution is 7.79. The molecule has 0 unspecified atom stereocenters. The van der Waals surface area contributed by atoms with Gasteiger partial charge in [0.1, 0.15) is 5.69 Å². The van der Waals surface area contributed by atoms with Gasteiger partial charge in [0.05, 0.1) is 22.3 Å². The summed E-state index contributed by atoms with van der Waals surface area (Å²) in [5, 5.41) is 11.4.